The molecule has 1 saturated heterocycles. The van der Waals surface area contributed by atoms with Gasteiger partial charge < -0.3 is 18.8 Å². The molecule has 1 fully saturated rings. The van der Waals surface area contributed by atoms with Gasteiger partial charge in [0.05, 0.1) is 23.6 Å². The molecule has 0 spiro atoms. The van der Waals surface area contributed by atoms with Crippen LogP contribution in [0.4, 0.5) is 0 Å². The summed E-state index contributed by atoms with van der Waals surface area (Å²) in [5, 5.41) is 11.4. The summed E-state index contributed by atoms with van der Waals surface area (Å²) in [6, 6.07) is 14.5. The number of aromatic nitrogens is 1. The Morgan fingerprint density at radius 2 is 1.89 bits per heavy atom. The number of fused-ring (bicyclic) bond motifs is 5. The molecule has 184 valence electrons. The van der Waals surface area contributed by atoms with Crippen LogP contribution in [0.25, 0.3) is 22.1 Å². The Balaban J connectivity index is 1.37. The van der Waals surface area contributed by atoms with Crippen molar-refractivity contribution in [3.05, 3.63) is 92.2 Å². The van der Waals surface area contributed by atoms with Gasteiger partial charge in [0.2, 0.25) is 5.43 Å². The molecule has 0 amide bonds. The Kier molecular flexibility index (Phi) is 5.45. The maximum absolute atomic E-state index is 13.6. The molecular weight excluding hydrogens is 456 g/mol. The van der Waals surface area contributed by atoms with E-state index in [9.17, 15) is 14.7 Å². The van der Waals surface area contributed by atoms with Crippen molar-refractivity contribution in [3.8, 4) is 22.6 Å². The third kappa shape index (κ3) is 3.71. The fraction of sp³-hybridized carbons (Fsp3) is 0.310. The van der Waals surface area contributed by atoms with Gasteiger partial charge in [-0.3, -0.25) is 14.5 Å². The number of piperidine rings is 1. The molecule has 2 aromatic carbocycles. The summed E-state index contributed by atoms with van der Waals surface area (Å²) in [4.78, 5) is 28.2. The van der Waals surface area contributed by atoms with Crippen LogP contribution in [0.15, 0.2) is 68.8 Å². The SMILES string of the molecule is COc1ccc(-c2coc3c(CN4C[C@@H]5C[C@H](C4)c4cccc(=O)n4C5)c(O)cc(C)c3c2=O)cc1. The monoisotopic (exact) mass is 484 g/mol. The highest BCUT2D eigenvalue weighted by atomic mass is 16.5. The van der Waals surface area contributed by atoms with Gasteiger partial charge in [0.15, 0.2) is 0 Å². The van der Waals surface area contributed by atoms with Crippen LogP contribution in [0.5, 0.6) is 11.5 Å². The van der Waals surface area contributed by atoms with Gasteiger partial charge in [-0.1, -0.05) is 18.2 Å². The molecule has 7 nitrogen and oxygen atoms in total. The fourth-order valence-corrected chi connectivity index (χ4v) is 6.00. The van der Waals surface area contributed by atoms with Gasteiger partial charge in [-0.25, -0.2) is 0 Å². The van der Waals surface area contributed by atoms with Crippen LogP contribution in [0, 0.1) is 12.8 Å². The van der Waals surface area contributed by atoms with E-state index in [-0.39, 0.29) is 22.7 Å². The Morgan fingerprint density at radius 1 is 1.08 bits per heavy atom. The van der Waals surface area contributed by atoms with Crippen molar-refractivity contribution < 1.29 is 14.3 Å². The van der Waals surface area contributed by atoms with E-state index in [0.29, 0.717) is 52.4 Å². The number of nitrogens with zero attached hydrogens (tertiary/aromatic N) is 2. The fourth-order valence-electron chi connectivity index (χ4n) is 6.00. The smallest absolute Gasteiger partial charge is 0.250 e. The second kappa shape index (κ2) is 8.68. The molecule has 0 saturated carbocycles. The molecule has 2 aromatic heterocycles. The van der Waals surface area contributed by atoms with E-state index in [4.69, 9.17) is 9.15 Å². The molecule has 6 rings (SSSR count). The van der Waals surface area contributed by atoms with E-state index in [1.165, 1.54) is 6.26 Å². The van der Waals surface area contributed by atoms with Crippen molar-refractivity contribution >= 4 is 11.0 Å². The first-order chi connectivity index (χ1) is 17.4. The van der Waals surface area contributed by atoms with Crippen molar-refractivity contribution in [2.24, 2.45) is 5.92 Å². The van der Waals surface area contributed by atoms with Crippen molar-refractivity contribution in [1.82, 2.24) is 9.47 Å². The highest BCUT2D eigenvalue weighted by Crippen LogP contribution is 2.38. The maximum Gasteiger partial charge on any atom is 0.250 e. The Bertz CT molecular complexity index is 1580. The lowest BCUT2D eigenvalue weighted by molar-refractivity contribution is 0.113. The van der Waals surface area contributed by atoms with Crippen LogP contribution in [-0.4, -0.2) is 34.8 Å². The number of likely N-dealkylation sites (tertiary alicyclic amines) is 1. The van der Waals surface area contributed by atoms with Crippen LogP contribution in [0.1, 0.15) is 29.2 Å². The number of ether oxygens (including phenoxy) is 1. The second-order valence-electron chi connectivity index (χ2n) is 9.99. The number of hydrogen-bond acceptors (Lipinski definition) is 6. The average Bonchev–Trinajstić information content (AvgIpc) is 2.87. The molecule has 0 unspecified atom stereocenters. The molecule has 7 heteroatoms. The van der Waals surface area contributed by atoms with Gasteiger partial charge in [-0.05, 0) is 54.7 Å². The second-order valence-corrected chi connectivity index (χ2v) is 9.99. The molecule has 36 heavy (non-hydrogen) atoms. The highest BCUT2D eigenvalue weighted by molar-refractivity contribution is 5.88. The van der Waals surface area contributed by atoms with Crippen LogP contribution in [0.3, 0.4) is 0 Å². The lowest BCUT2D eigenvalue weighted by Crippen LogP contribution is -2.46. The number of aryl methyl sites for hydroxylation is 1. The summed E-state index contributed by atoms with van der Waals surface area (Å²) in [5.74, 6) is 1.47. The van der Waals surface area contributed by atoms with Gasteiger partial charge in [0, 0.05) is 43.9 Å². The van der Waals surface area contributed by atoms with Gasteiger partial charge >= 0.3 is 0 Å². The van der Waals surface area contributed by atoms with Gasteiger partial charge in [0.1, 0.15) is 23.3 Å². The molecule has 1 N–H and O–H groups in total. The molecule has 2 bridgehead atoms. The number of pyridine rings is 1. The average molecular weight is 485 g/mol. The van der Waals surface area contributed by atoms with E-state index in [0.717, 1.165) is 30.8 Å². The molecule has 0 aliphatic carbocycles. The predicted octanol–water partition coefficient (Wildman–Crippen LogP) is 4.26. The molecular formula is C29H28N2O5. The van der Waals surface area contributed by atoms with Gasteiger partial charge in [-0.2, -0.15) is 0 Å². The number of phenols is 1. The number of aromatic hydroxyl groups is 1. The van der Waals surface area contributed by atoms with Crippen molar-refractivity contribution in [2.45, 2.75) is 32.4 Å². The Morgan fingerprint density at radius 3 is 2.67 bits per heavy atom. The molecule has 2 aliphatic rings. The Labute approximate surface area is 208 Å². The van der Waals surface area contributed by atoms with Gasteiger partial charge in [-0.15, -0.1) is 0 Å². The van der Waals surface area contributed by atoms with Crippen LogP contribution in [-0.2, 0) is 13.1 Å². The third-order valence-corrected chi connectivity index (χ3v) is 7.66. The molecule has 0 radical (unpaired) electrons. The minimum Gasteiger partial charge on any atom is -0.507 e. The molecule has 4 heterocycles. The van der Waals surface area contributed by atoms with Crippen molar-refractivity contribution in [3.63, 3.8) is 0 Å². The van der Waals surface area contributed by atoms with E-state index in [1.54, 1.807) is 19.2 Å². The summed E-state index contributed by atoms with van der Waals surface area (Å²) in [7, 11) is 1.60. The summed E-state index contributed by atoms with van der Waals surface area (Å²) < 4.78 is 13.2. The number of phenolic OH excluding ortho intramolecular Hbond substituents is 1. The zero-order valence-corrected chi connectivity index (χ0v) is 20.4. The molecule has 2 atom stereocenters. The number of methoxy groups -OCH3 is 1. The topological polar surface area (TPSA) is 84.9 Å². The maximum atomic E-state index is 13.6. The highest BCUT2D eigenvalue weighted by Gasteiger charge is 2.35. The lowest BCUT2D eigenvalue weighted by atomic mass is 9.83. The first-order valence-electron chi connectivity index (χ1n) is 12.3. The predicted molar refractivity (Wildman–Crippen MR) is 138 cm³/mol. The zero-order chi connectivity index (χ0) is 25.0. The van der Waals surface area contributed by atoms with E-state index in [2.05, 4.69) is 4.90 Å². The van der Waals surface area contributed by atoms with E-state index < -0.39 is 0 Å². The van der Waals surface area contributed by atoms with Gasteiger partial charge in [0.25, 0.3) is 5.56 Å². The Hall–Kier alpha value is -3.84. The van der Waals surface area contributed by atoms with Crippen LogP contribution < -0.4 is 15.7 Å². The first kappa shape index (κ1) is 22.6. The summed E-state index contributed by atoms with van der Waals surface area (Å²) >= 11 is 0. The lowest BCUT2D eigenvalue weighted by Gasteiger charge is -2.42. The molecule has 2 aliphatic heterocycles. The summed E-state index contributed by atoms with van der Waals surface area (Å²) in [6.45, 7) is 4.60. The normalized spacial score (nSPS) is 19.3. The van der Waals surface area contributed by atoms with Crippen molar-refractivity contribution in [2.75, 3.05) is 20.2 Å². The minimum absolute atomic E-state index is 0.0623. The molecule has 4 aromatic rings. The first-order valence-corrected chi connectivity index (χ1v) is 12.3. The van der Waals surface area contributed by atoms with E-state index in [1.807, 2.05) is 47.9 Å². The summed E-state index contributed by atoms with van der Waals surface area (Å²) in [5.41, 5.74) is 3.98. The quantitative estimate of drug-likeness (QED) is 0.466. The summed E-state index contributed by atoms with van der Waals surface area (Å²) in [6.07, 6.45) is 2.54. The number of hydrogen-bond donors (Lipinski definition) is 1. The van der Waals surface area contributed by atoms with Crippen molar-refractivity contribution in [1.29, 1.82) is 0 Å². The van der Waals surface area contributed by atoms with Crippen LogP contribution in [0.2, 0.25) is 0 Å². The number of rotatable bonds is 4. The number of benzene rings is 2. The van der Waals surface area contributed by atoms with Crippen LogP contribution >= 0.6 is 0 Å². The zero-order valence-electron chi connectivity index (χ0n) is 20.4. The largest absolute Gasteiger partial charge is 0.507 e. The van der Waals surface area contributed by atoms with E-state index >= 15 is 0 Å². The minimum atomic E-state index is -0.121. The third-order valence-electron chi connectivity index (χ3n) is 7.66. The standard InChI is InChI=1S/C29H28N2O5/c1-17-10-25(32)22(15-30-12-18-11-20(14-30)24-4-3-5-26(33)31(24)13-18)29-27(17)28(34)23(16-36-29)19-6-8-21(35-2)9-7-19/h3-10,16,18,20,32H,11-15H2,1-2H3/t18-,20+/m0/s1.